The first-order valence-electron chi connectivity index (χ1n) is 7.33. The summed E-state index contributed by atoms with van der Waals surface area (Å²) in [5.41, 5.74) is 2.17. The molecule has 0 bridgehead atoms. The van der Waals surface area contributed by atoms with Gasteiger partial charge in [0.1, 0.15) is 0 Å². The topological polar surface area (TPSA) is 94.3 Å². The van der Waals surface area contributed by atoms with Crippen molar-refractivity contribution in [3.05, 3.63) is 53.5 Å². The third-order valence-electron chi connectivity index (χ3n) is 3.45. The van der Waals surface area contributed by atoms with Crippen LogP contribution in [0.4, 0.5) is 11.8 Å². The van der Waals surface area contributed by atoms with Crippen LogP contribution in [0, 0.1) is 0 Å². The Balaban J connectivity index is 1.60. The van der Waals surface area contributed by atoms with E-state index in [4.69, 9.17) is 0 Å². The van der Waals surface area contributed by atoms with E-state index in [1.165, 1.54) is 24.5 Å². The molecule has 1 aromatic carbocycles. The molecule has 9 heteroatoms. The third-order valence-corrected chi connectivity index (χ3v) is 4.27. The Kier molecular flexibility index (Phi) is 3.82. The number of fused-ring (bicyclic) bond motifs is 1. The van der Waals surface area contributed by atoms with Crippen LogP contribution < -0.4 is 5.32 Å². The van der Waals surface area contributed by atoms with Crippen LogP contribution in [-0.4, -0.2) is 37.9 Å². The van der Waals surface area contributed by atoms with Gasteiger partial charge >= 0.3 is 5.97 Å². The van der Waals surface area contributed by atoms with Crippen molar-refractivity contribution in [3.8, 4) is 11.3 Å². The van der Waals surface area contributed by atoms with Crippen molar-refractivity contribution in [1.82, 2.24) is 24.8 Å². The molecule has 4 aromatic rings. The predicted octanol–water partition coefficient (Wildman–Crippen LogP) is 2.78. The number of nitrogens with zero attached hydrogens (tertiary/aromatic N) is 5. The third kappa shape index (κ3) is 2.92. The molecule has 0 aliphatic heterocycles. The molecule has 0 saturated carbocycles. The van der Waals surface area contributed by atoms with Gasteiger partial charge in [-0.2, -0.15) is 4.98 Å². The minimum atomic E-state index is -0.535. The Morgan fingerprint density at radius 2 is 2.00 bits per heavy atom. The smallest absolute Gasteiger partial charge is 0.358 e. The molecule has 3 aromatic heterocycles. The minimum Gasteiger partial charge on any atom is -0.464 e. The molecule has 0 aliphatic rings. The van der Waals surface area contributed by atoms with Crippen molar-refractivity contribution in [1.29, 1.82) is 0 Å². The van der Waals surface area contributed by atoms with E-state index in [9.17, 15) is 4.79 Å². The minimum absolute atomic E-state index is 0.137. The Morgan fingerprint density at radius 3 is 2.72 bits per heavy atom. The molecule has 124 valence electrons. The first-order valence-corrected chi connectivity index (χ1v) is 8.21. The molecule has 0 fully saturated rings. The molecule has 4 rings (SSSR count). The van der Waals surface area contributed by atoms with Gasteiger partial charge in [0.2, 0.25) is 10.9 Å². The molecular formula is C16H12N6O2S. The number of ether oxygens (including phenoxy) is 1. The summed E-state index contributed by atoms with van der Waals surface area (Å²) in [6.45, 7) is 0. The molecule has 0 spiro atoms. The van der Waals surface area contributed by atoms with Gasteiger partial charge < -0.3 is 10.1 Å². The number of hydrogen-bond acceptors (Lipinski definition) is 8. The second kappa shape index (κ2) is 6.29. The van der Waals surface area contributed by atoms with Crippen LogP contribution in [0.25, 0.3) is 16.2 Å². The van der Waals surface area contributed by atoms with Crippen LogP contribution in [0.2, 0.25) is 0 Å². The predicted molar refractivity (Wildman–Crippen MR) is 93.0 cm³/mol. The quantitative estimate of drug-likeness (QED) is 0.564. The summed E-state index contributed by atoms with van der Waals surface area (Å²) < 4.78 is 6.37. The molecule has 0 unspecified atom stereocenters. The van der Waals surface area contributed by atoms with E-state index in [-0.39, 0.29) is 5.69 Å². The van der Waals surface area contributed by atoms with Crippen LogP contribution in [0.5, 0.6) is 0 Å². The van der Waals surface area contributed by atoms with Gasteiger partial charge in [-0.25, -0.2) is 9.31 Å². The van der Waals surface area contributed by atoms with Gasteiger partial charge in [0.25, 0.3) is 0 Å². The van der Waals surface area contributed by atoms with Crippen LogP contribution in [0.15, 0.2) is 47.8 Å². The zero-order valence-electron chi connectivity index (χ0n) is 13.1. The first-order chi connectivity index (χ1) is 12.2. The lowest BCUT2D eigenvalue weighted by molar-refractivity contribution is 0.0593. The van der Waals surface area contributed by atoms with Gasteiger partial charge in [-0.3, -0.25) is 0 Å². The fourth-order valence-corrected chi connectivity index (χ4v) is 3.10. The lowest BCUT2D eigenvalue weighted by atomic mass is 10.2. The largest absolute Gasteiger partial charge is 0.464 e. The Morgan fingerprint density at radius 1 is 1.16 bits per heavy atom. The van der Waals surface area contributed by atoms with Crippen LogP contribution in [0.1, 0.15) is 10.5 Å². The van der Waals surface area contributed by atoms with E-state index in [2.05, 4.69) is 30.3 Å². The van der Waals surface area contributed by atoms with Gasteiger partial charge in [-0.1, -0.05) is 30.3 Å². The highest BCUT2D eigenvalue weighted by molar-refractivity contribution is 7.15. The number of methoxy groups -OCH3 is 1. The van der Waals surface area contributed by atoms with Crippen molar-refractivity contribution in [2.75, 3.05) is 12.4 Å². The molecular weight excluding hydrogens is 340 g/mol. The second-order valence-corrected chi connectivity index (χ2v) is 5.87. The Labute approximate surface area is 146 Å². The van der Waals surface area contributed by atoms with Gasteiger partial charge in [0.05, 0.1) is 12.8 Å². The number of thiazole rings is 1. The van der Waals surface area contributed by atoms with Crippen LogP contribution in [-0.2, 0) is 4.74 Å². The average molecular weight is 352 g/mol. The molecule has 0 saturated heterocycles. The number of aromatic nitrogens is 5. The molecule has 0 aliphatic carbocycles. The first kappa shape index (κ1) is 15.2. The zero-order chi connectivity index (χ0) is 17.2. The normalized spacial score (nSPS) is 10.8. The van der Waals surface area contributed by atoms with Crippen molar-refractivity contribution in [2.24, 2.45) is 0 Å². The monoisotopic (exact) mass is 352 g/mol. The summed E-state index contributed by atoms with van der Waals surface area (Å²) in [6.07, 6.45) is 0. The standard InChI is InChI=1S/C16H12N6O2S/c1-24-14(23)11-7-8-13(20-19-11)17-15-18-16-22(21-15)12(9-25-16)10-5-3-2-4-6-10/h2-9H,1H3,(H,17,20,21). The maximum atomic E-state index is 11.4. The summed E-state index contributed by atoms with van der Waals surface area (Å²) in [7, 11) is 1.29. The maximum absolute atomic E-state index is 11.4. The molecule has 0 radical (unpaired) electrons. The fraction of sp³-hybridized carbons (Fsp3) is 0.0625. The molecule has 8 nitrogen and oxygen atoms in total. The zero-order valence-corrected chi connectivity index (χ0v) is 13.9. The molecule has 0 atom stereocenters. The number of benzene rings is 1. The van der Waals surface area contributed by atoms with Crippen LogP contribution >= 0.6 is 11.3 Å². The van der Waals surface area contributed by atoms with Crippen molar-refractivity contribution >= 4 is 34.0 Å². The highest BCUT2D eigenvalue weighted by Crippen LogP contribution is 2.26. The average Bonchev–Trinajstić information content (AvgIpc) is 3.22. The summed E-state index contributed by atoms with van der Waals surface area (Å²) in [5.74, 6) is 0.309. The number of carbonyl (C=O) groups is 1. The number of esters is 1. The van der Waals surface area contributed by atoms with E-state index >= 15 is 0 Å². The lowest BCUT2D eigenvalue weighted by Gasteiger charge is -2.01. The Hall–Kier alpha value is -3.33. The Bertz CT molecular complexity index is 1030. The summed E-state index contributed by atoms with van der Waals surface area (Å²) in [4.78, 5) is 16.6. The fourth-order valence-electron chi connectivity index (χ4n) is 2.27. The summed E-state index contributed by atoms with van der Waals surface area (Å²) in [6, 6.07) is 13.1. The van der Waals surface area contributed by atoms with E-state index in [1.807, 2.05) is 35.7 Å². The van der Waals surface area contributed by atoms with Crippen LogP contribution in [0.3, 0.4) is 0 Å². The van der Waals surface area contributed by atoms with Gasteiger partial charge in [-0.05, 0) is 12.1 Å². The molecule has 0 amide bonds. The number of hydrogen-bond donors (Lipinski definition) is 1. The van der Waals surface area contributed by atoms with E-state index in [0.717, 1.165) is 16.2 Å². The molecule has 3 heterocycles. The van der Waals surface area contributed by atoms with E-state index < -0.39 is 5.97 Å². The number of carbonyl (C=O) groups excluding carboxylic acids is 1. The van der Waals surface area contributed by atoms with Gasteiger partial charge in [-0.15, -0.1) is 26.6 Å². The summed E-state index contributed by atoms with van der Waals surface area (Å²) in [5, 5.41) is 17.2. The van der Waals surface area contributed by atoms with Crippen molar-refractivity contribution in [3.63, 3.8) is 0 Å². The lowest BCUT2D eigenvalue weighted by Crippen LogP contribution is -2.06. The van der Waals surface area contributed by atoms with Gasteiger partial charge in [0.15, 0.2) is 11.5 Å². The van der Waals surface area contributed by atoms with E-state index in [0.29, 0.717) is 11.8 Å². The highest BCUT2D eigenvalue weighted by atomic mass is 32.1. The van der Waals surface area contributed by atoms with Crippen molar-refractivity contribution < 1.29 is 9.53 Å². The maximum Gasteiger partial charge on any atom is 0.358 e. The van der Waals surface area contributed by atoms with Gasteiger partial charge in [0, 0.05) is 10.9 Å². The molecule has 1 N–H and O–H groups in total. The SMILES string of the molecule is COC(=O)c1ccc(Nc2nc3scc(-c4ccccc4)n3n2)nn1. The number of anilines is 2. The molecule has 25 heavy (non-hydrogen) atoms. The number of nitrogens with one attached hydrogen (secondary N) is 1. The highest BCUT2D eigenvalue weighted by Gasteiger charge is 2.13. The van der Waals surface area contributed by atoms with Crippen molar-refractivity contribution in [2.45, 2.75) is 0 Å². The second-order valence-electron chi connectivity index (χ2n) is 5.04. The summed E-state index contributed by atoms with van der Waals surface area (Å²) >= 11 is 1.50. The van der Waals surface area contributed by atoms with E-state index in [1.54, 1.807) is 10.6 Å². The number of rotatable bonds is 4.